The summed E-state index contributed by atoms with van der Waals surface area (Å²) >= 11 is 1.87. The summed E-state index contributed by atoms with van der Waals surface area (Å²) in [5.74, 6) is 1.23. The molecule has 96 valence electrons. The minimum Gasteiger partial charge on any atom is -0.248 e. The number of pyridine rings is 1. The normalized spacial score (nSPS) is 13.1. The third-order valence-corrected chi connectivity index (χ3v) is 5.32. The zero-order chi connectivity index (χ0) is 13.3. The summed E-state index contributed by atoms with van der Waals surface area (Å²) < 4.78 is 6.05. The lowest BCUT2D eigenvalue weighted by molar-refractivity contribution is -0.644. The molecule has 0 saturated heterocycles. The van der Waals surface area contributed by atoms with Gasteiger partial charge in [-0.05, 0) is 18.2 Å². The maximum Gasteiger partial charge on any atom is 0.309 e. The van der Waals surface area contributed by atoms with Crippen molar-refractivity contribution in [3.63, 3.8) is 0 Å². The van der Waals surface area contributed by atoms with Gasteiger partial charge in [0.15, 0.2) is 11.2 Å². The highest BCUT2D eigenvalue weighted by Gasteiger charge is 2.35. The van der Waals surface area contributed by atoms with E-state index < -0.39 is 0 Å². The van der Waals surface area contributed by atoms with Gasteiger partial charge >= 0.3 is 5.82 Å². The molecule has 0 aliphatic carbocycles. The van der Waals surface area contributed by atoms with Gasteiger partial charge in [-0.3, -0.25) is 0 Å². The summed E-state index contributed by atoms with van der Waals surface area (Å²) in [6, 6.07) is 12.8. The molecule has 1 aliphatic heterocycles. The van der Waals surface area contributed by atoms with E-state index in [1.807, 2.05) is 23.6 Å². The molecular formula is C16H12N3S+. The Morgan fingerprint density at radius 2 is 2.10 bits per heavy atom. The van der Waals surface area contributed by atoms with Gasteiger partial charge in [-0.2, -0.15) is 0 Å². The van der Waals surface area contributed by atoms with Gasteiger partial charge in [-0.25, -0.2) is 14.1 Å². The minimum atomic E-state index is 0.933. The number of nitrogens with zero attached hydrogens (tertiary/aromatic N) is 3. The fourth-order valence-electron chi connectivity index (χ4n) is 3.28. The van der Waals surface area contributed by atoms with E-state index >= 15 is 0 Å². The van der Waals surface area contributed by atoms with Crippen LogP contribution in [0.25, 0.3) is 32.0 Å². The number of rotatable bonds is 0. The van der Waals surface area contributed by atoms with Crippen molar-refractivity contribution >= 4 is 31.8 Å². The van der Waals surface area contributed by atoms with E-state index in [-0.39, 0.29) is 0 Å². The lowest BCUT2D eigenvalue weighted by Crippen LogP contribution is -2.30. The zero-order valence-electron chi connectivity index (χ0n) is 11.0. The third-order valence-electron chi connectivity index (χ3n) is 4.14. The molecule has 4 heterocycles. The van der Waals surface area contributed by atoms with Crippen molar-refractivity contribution in [2.24, 2.45) is 7.05 Å². The molecule has 4 aromatic rings. The van der Waals surface area contributed by atoms with Gasteiger partial charge in [0, 0.05) is 21.8 Å². The minimum absolute atomic E-state index is 0.933. The molecule has 0 fully saturated rings. The third kappa shape index (κ3) is 1.11. The van der Waals surface area contributed by atoms with E-state index in [1.165, 1.54) is 31.8 Å². The largest absolute Gasteiger partial charge is 0.309 e. The van der Waals surface area contributed by atoms with Crippen molar-refractivity contribution in [3.8, 4) is 11.5 Å². The lowest BCUT2D eigenvalue weighted by Gasteiger charge is -1.94. The number of thiophene rings is 1. The number of hydrogen-bond donors (Lipinski definition) is 0. The molecule has 3 aromatic heterocycles. The molecule has 5 rings (SSSR count). The first-order valence-electron chi connectivity index (χ1n) is 6.68. The number of fused-ring (bicyclic) bond motifs is 7. The Hall–Kier alpha value is -2.20. The van der Waals surface area contributed by atoms with Crippen LogP contribution in [0.4, 0.5) is 0 Å². The van der Waals surface area contributed by atoms with Crippen molar-refractivity contribution in [1.82, 2.24) is 9.55 Å². The van der Waals surface area contributed by atoms with Crippen LogP contribution in [0.3, 0.4) is 0 Å². The number of benzene rings is 1. The predicted octanol–water partition coefficient (Wildman–Crippen LogP) is 3.10. The molecule has 0 N–H and O–H groups in total. The topological polar surface area (TPSA) is 21.7 Å². The Bertz CT molecular complexity index is 994. The first kappa shape index (κ1) is 10.6. The molecular weight excluding hydrogens is 266 g/mol. The first-order chi connectivity index (χ1) is 9.84. The van der Waals surface area contributed by atoms with Crippen molar-refractivity contribution in [2.45, 2.75) is 6.54 Å². The molecule has 0 spiro atoms. The van der Waals surface area contributed by atoms with Crippen molar-refractivity contribution in [1.29, 1.82) is 0 Å². The molecule has 0 unspecified atom stereocenters. The van der Waals surface area contributed by atoms with Gasteiger partial charge in [0.05, 0.1) is 7.05 Å². The maximum absolute atomic E-state index is 4.58. The molecule has 4 heteroatoms. The monoisotopic (exact) mass is 278 g/mol. The van der Waals surface area contributed by atoms with Gasteiger partial charge in [0.2, 0.25) is 4.83 Å². The van der Waals surface area contributed by atoms with Gasteiger partial charge in [-0.1, -0.05) is 29.5 Å². The van der Waals surface area contributed by atoms with Gasteiger partial charge in [0.1, 0.15) is 6.54 Å². The number of aromatic nitrogens is 3. The fourth-order valence-corrected chi connectivity index (χ4v) is 4.51. The van der Waals surface area contributed by atoms with E-state index in [1.54, 1.807) is 0 Å². The Balaban J connectivity index is 1.98. The molecule has 1 aliphatic rings. The summed E-state index contributed by atoms with van der Waals surface area (Å²) in [5, 5.41) is 1.34. The average molecular weight is 278 g/mol. The second-order valence-corrected chi connectivity index (χ2v) is 6.26. The second kappa shape index (κ2) is 3.46. The zero-order valence-corrected chi connectivity index (χ0v) is 11.8. The van der Waals surface area contributed by atoms with Crippen LogP contribution >= 0.6 is 11.3 Å². The Morgan fingerprint density at radius 1 is 1.20 bits per heavy atom. The van der Waals surface area contributed by atoms with E-state index in [4.69, 9.17) is 0 Å². The van der Waals surface area contributed by atoms with Crippen LogP contribution in [0.5, 0.6) is 0 Å². The highest BCUT2D eigenvalue weighted by atomic mass is 32.1. The van der Waals surface area contributed by atoms with Crippen LogP contribution in [0.1, 0.15) is 5.56 Å². The summed E-state index contributed by atoms with van der Waals surface area (Å²) in [7, 11) is 2.15. The van der Waals surface area contributed by atoms with Gasteiger partial charge in [0.25, 0.3) is 0 Å². The van der Waals surface area contributed by atoms with Crippen LogP contribution < -0.4 is 4.57 Å². The van der Waals surface area contributed by atoms with E-state index in [0.717, 1.165) is 12.2 Å². The SMILES string of the molecule is Cn1c2[n+](c3sc4ccccc4c31)Cc1cccnc1-2. The van der Waals surface area contributed by atoms with Crippen LogP contribution in [0.15, 0.2) is 42.6 Å². The first-order valence-corrected chi connectivity index (χ1v) is 7.50. The Kier molecular flexibility index (Phi) is 1.83. The molecule has 3 nitrogen and oxygen atoms in total. The molecule has 0 amide bonds. The van der Waals surface area contributed by atoms with E-state index in [0.29, 0.717) is 0 Å². The Morgan fingerprint density at radius 3 is 3.05 bits per heavy atom. The second-order valence-electron chi connectivity index (χ2n) is 5.23. The number of aryl methyl sites for hydroxylation is 1. The number of hydrogen-bond acceptors (Lipinski definition) is 2. The fraction of sp³-hybridized carbons (Fsp3) is 0.125. The summed E-state index contributed by atoms with van der Waals surface area (Å²) in [6.07, 6.45) is 1.88. The highest BCUT2D eigenvalue weighted by molar-refractivity contribution is 7.25. The maximum atomic E-state index is 4.58. The summed E-state index contributed by atoms with van der Waals surface area (Å²) in [5.41, 5.74) is 3.77. The molecule has 0 radical (unpaired) electrons. The molecule has 1 aromatic carbocycles. The standard InChI is InChI=1S/C16H12N3S/c1-18-14-11-6-2-3-7-12(11)20-16(14)19-9-10-5-4-8-17-13(10)15(18)19/h2-8H,9H2,1H3/q+1. The highest BCUT2D eigenvalue weighted by Crippen LogP contribution is 2.37. The molecule has 20 heavy (non-hydrogen) atoms. The van der Waals surface area contributed by atoms with Crippen molar-refractivity contribution in [3.05, 3.63) is 48.2 Å². The Labute approximate surface area is 119 Å². The molecule has 0 atom stereocenters. The smallest absolute Gasteiger partial charge is 0.248 e. The summed E-state index contributed by atoms with van der Waals surface area (Å²) in [4.78, 5) is 5.93. The quantitative estimate of drug-likeness (QED) is 0.399. The predicted molar refractivity (Wildman–Crippen MR) is 80.8 cm³/mol. The average Bonchev–Trinajstić information content (AvgIpc) is 3.10. The van der Waals surface area contributed by atoms with Crippen LogP contribution in [0, 0.1) is 0 Å². The van der Waals surface area contributed by atoms with Crippen LogP contribution in [-0.2, 0) is 13.6 Å². The lowest BCUT2D eigenvalue weighted by atomic mass is 10.2. The number of imidazole rings is 1. The van der Waals surface area contributed by atoms with Crippen LogP contribution in [-0.4, -0.2) is 9.55 Å². The summed E-state index contributed by atoms with van der Waals surface area (Å²) in [6.45, 7) is 0.933. The van der Waals surface area contributed by atoms with Crippen LogP contribution in [0.2, 0.25) is 0 Å². The van der Waals surface area contributed by atoms with Gasteiger partial charge < -0.3 is 0 Å². The van der Waals surface area contributed by atoms with E-state index in [9.17, 15) is 0 Å². The molecule has 0 saturated carbocycles. The van der Waals surface area contributed by atoms with E-state index in [2.05, 4.69) is 51.5 Å². The van der Waals surface area contributed by atoms with Gasteiger partial charge in [-0.15, -0.1) is 0 Å². The van der Waals surface area contributed by atoms with Crippen molar-refractivity contribution < 1.29 is 4.57 Å². The molecule has 0 bridgehead atoms. The van der Waals surface area contributed by atoms with Crippen molar-refractivity contribution in [2.75, 3.05) is 0 Å².